The van der Waals surface area contributed by atoms with Crippen molar-refractivity contribution < 1.29 is 23.4 Å². The van der Waals surface area contributed by atoms with Crippen LogP contribution in [0.25, 0.3) is 17.5 Å². The molecule has 0 saturated heterocycles. The minimum Gasteiger partial charge on any atom is -0.454 e. The fraction of sp³-hybridized carbons (Fsp3) is 0.105. The molecule has 0 bridgehead atoms. The molecule has 8 heteroatoms. The lowest BCUT2D eigenvalue weighted by Crippen LogP contribution is -2.00. The van der Waals surface area contributed by atoms with Crippen molar-refractivity contribution in [3.63, 3.8) is 0 Å². The molecule has 7 nitrogen and oxygen atoms in total. The Morgan fingerprint density at radius 1 is 1.15 bits per heavy atom. The summed E-state index contributed by atoms with van der Waals surface area (Å²) in [6.07, 6.45) is 2.93. The van der Waals surface area contributed by atoms with Gasteiger partial charge < -0.3 is 18.6 Å². The number of benzene rings is 2. The second-order valence-corrected chi connectivity index (χ2v) is 5.94. The topological polar surface area (TPSA) is 83.7 Å². The molecule has 0 fully saturated rings. The predicted molar refractivity (Wildman–Crippen MR) is 96.1 cm³/mol. The number of carbonyl (C=O) groups excluding carboxylic acids is 1. The first-order chi connectivity index (χ1) is 13.2. The number of aromatic nitrogens is 2. The van der Waals surface area contributed by atoms with Crippen LogP contribution < -0.4 is 9.47 Å². The molecule has 4 rings (SSSR count). The zero-order chi connectivity index (χ0) is 18.6. The number of esters is 1. The molecule has 0 atom stereocenters. The van der Waals surface area contributed by atoms with Crippen molar-refractivity contribution in [1.29, 1.82) is 0 Å². The highest BCUT2D eigenvalue weighted by molar-refractivity contribution is 6.33. The monoisotopic (exact) mass is 384 g/mol. The van der Waals surface area contributed by atoms with Crippen LogP contribution in [-0.2, 0) is 16.1 Å². The SMILES string of the molecule is O=C(/C=C/c1ccc2c(c1)OCO2)OCc1nnc(-c2ccccc2Cl)o1. The second kappa shape index (κ2) is 7.51. The van der Waals surface area contributed by atoms with Crippen LogP contribution in [0.5, 0.6) is 11.5 Å². The van der Waals surface area contributed by atoms with E-state index >= 15 is 0 Å². The van der Waals surface area contributed by atoms with E-state index in [1.807, 2.05) is 12.1 Å². The van der Waals surface area contributed by atoms with Crippen LogP contribution in [0.4, 0.5) is 0 Å². The van der Waals surface area contributed by atoms with Gasteiger partial charge in [-0.3, -0.25) is 0 Å². The molecule has 1 aliphatic heterocycles. The average Bonchev–Trinajstić information content (AvgIpc) is 3.34. The molecule has 2 heterocycles. The third-order valence-electron chi connectivity index (χ3n) is 3.72. The Labute approximate surface area is 159 Å². The summed E-state index contributed by atoms with van der Waals surface area (Å²) in [5.74, 6) is 1.23. The van der Waals surface area contributed by atoms with E-state index in [4.69, 9.17) is 30.2 Å². The average molecular weight is 385 g/mol. The minimum atomic E-state index is -0.537. The molecule has 136 valence electrons. The minimum absolute atomic E-state index is 0.137. The molecule has 0 aliphatic carbocycles. The predicted octanol–water partition coefficient (Wildman–Crippen LogP) is 3.88. The molecular formula is C19H13ClN2O5. The fourth-order valence-corrected chi connectivity index (χ4v) is 2.63. The number of carbonyl (C=O) groups is 1. The lowest BCUT2D eigenvalue weighted by Gasteiger charge is -1.99. The quantitative estimate of drug-likeness (QED) is 0.487. The van der Waals surface area contributed by atoms with Crippen LogP contribution in [0.2, 0.25) is 5.02 Å². The molecule has 0 radical (unpaired) electrons. The lowest BCUT2D eigenvalue weighted by atomic mass is 10.2. The Balaban J connectivity index is 1.35. The molecule has 0 spiro atoms. The first-order valence-electron chi connectivity index (χ1n) is 8.01. The van der Waals surface area contributed by atoms with Gasteiger partial charge in [-0.1, -0.05) is 29.8 Å². The van der Waals surface area contributed by atoms with E-state index in [1.54, 1.807) is 36.4 Å². The van der Waals surface area contributed by atoms with E-state index in [0.29, 0.717) is 22.1 Å². The number of rotatable bonds is 5. The van der Waals surface area contributed by atoms with Gasteiger partial charge in [-0.15, -0.1) is 10.2 Å². The third kappa shape index (κ3) is 3.93. The van der Waals surface area contributed by atoms with Crippen LogP contribution in [0, 0.1) is 0 Å². The molecule has 0 unspecified atom stereocenters. The van der Waals surface area contributed by atoms with Crippen LogP contribution in [-0.4, -0.2) is 23.0 Å². The number of nitrogens with zero attached hydrogens (tertiary/aromatic N) is 2. The fourth-order valence-electron chi connectivity index (χ4n) is 2.42. The molecule has 3 aromatic rings. The van der Waals surface area contributed by atoms with Crippen molar-refractivity contribution >= 4 is 23.6 Å². The van der Waals surface area contributed by atoms with Crippen molar-refractivity contribution in [2.24, 2.45) is 0 Å². The summed E-state index contributed by atoms with van der Waals surface area (Å²) in [4.78, 5) is 11.9. The van der Waals surface area contributed by atoms with Crippen LogP contribution in [0.3, 0.4) is 0 Å². The smallest absolute Gasteiger partial charge is 0.331 e. The van der Waals surface area contributed by atoms with Crippen molar-refractivity contribution in [2.45, 2.75) is 6.61 Å². The number of hydrogen-bond acceptors (Lipinski definition) is 7. The van der Waals surface area contributed by atoms with Gasteiger partial charge in [-0.05, 0) is 35.9 Å². The second-order valence-electron chi connectivity index (χ2n) is 5.53. The number of fused-ring (bicyclic) bond motifs is 1. The largest absolute Gasteiger partial charge is 0.454 e. The zero-order valence-corrected chi connectivity index (χ0v) is 14.7. The van der Waals surface area contributed by atoms with Gasteiger partial charge in [0.2, 0.25) is 12.7 Å². The highest BCUT2D eigenvalue weighted by atomic mass is 35.5. The summed E-state index contributed by atoms with van der Waals surface area (Å²) in [5.41, 5.74) is 1.40. The van der Waals surface area contributed by atoms with Gasteiger partial charge >= 0.3 is 5.97 Å². The van der Waals surface area contributed by atoms with Crippen molar-refractivity contribution in [1.82, 2.24) is 10.2 Å². The van der Waals surface area contributed by atoms with Gasteiger partial charge in [0.1, 0.15) is 0 Å². The van der Waals surface area contributed by atoms with Gasteiger partial charge in [0.15, 0.2) is 18.1 Å². The van der Waals surface area contributed by atoms with Crippen molar-refractivity contribution in [3.05, 3.63) is 65.0 Å². The Bertz CT molecular complexity index is 1010. The summed E-state index contributed by atoms with van der Waals surface area (Å²) in [6.45, 7) is 0.0622. The summed E-state index contributed by atoms with van der Waals surface area (Å²) in [6, 6.07) is 12.5. The Hall–Kier alpha value is -3.32. The Kier molecular flexibility index (Phi) is 4.76. The molecule has 1 aliphatic rings. The van der Waals surface area contributed by atoms with E-state index in [-0.39, 0.29) is 25.2 Å². The van der Waals surface area contributed by atoms with Crippen LogP contribution >= 0.6 is 11.6 Å². The molecule has 1 aromatic heterocycles. The van der Waals surface area contributed by atoms with E-state index in [1.165, 1.54) is 6.08 Å². The molecule has 2 aromatic carbocycles. The number of halogens is 1. The number of ether oxygens (including phenoxy) is 3. The summed E-state index contributed by atoms with van der Waals surface area (Å²) >= 11 is 6.09. The molecular weight excluding hydrogens is 372 g/mol. The summed E-state index contributed by atoms with van der Waals surface area (Å²) in [7, 11) is 0. The van der Waals surface area contributed by atoms with Gasteiger partial charge in [-0.25, -0.2) is 4.79 Å². The van der Waals surface area contributed by atoms with E-state index < -0.39 is 5.97 Å². The Morgan fingerprint density at radius 3 is 2.89 bits per heavy atom. The molecule has 0 amide bonds. The van der Waals surface area contributed by atoms with Crippen molar-refractivity contribution in [2.75, 3.05) is 6.79 Å². The lowest BCUT2D eigenvalue weighted by molar-refractivity contribution is -0.139. The highest BCUT2D eigenvalue weighted by Gasteiger charge is 2.13. The summed E-state index contributed by atoms with van der Waals surface area (Å²) < 4.78 is 21.1. The standard InChI is InChI=1S/C19H13ClN2O5/c20-14-4-2-1-3-13(14)19-22-21-17(27-19)10-24-18(23)8-6-12-5-7-15-16(9-12)26-11-25-15/h1-9H,10-11H2/b8-6+. The molecule has 0 saturated carbocycles. The first-order valence-corrected chi connectivity index (χ1v) is 8.38. The van der Waals surface area contributed by atoms with Crippen LogP contribution in [0.15, 0.2) is 53.0 Å². The van der Waals surface area contributed by atoms with E-state index in [0.717, 1.165) is 5.56 Å². The molecule has 0 N–H and O–H groups in total. The van der Waals surface area contributed by atoms with Gasteiger partial charge in [-0.2, -0.15) is 0 Å². The molecule has 27 heavy (non-hydrogen) atoms. The van der Waals surface area contributed by atoms with Gasteiger partial charge in [0, 0.05) is 6.08 Å². The Morgan fingerprint density at radius 2 is 2.00 bits per heavy atom. The summed E-state index contributed by atoms with van der Waals surface area (Å²) in [5, 5.41) is 8.27. The van der Waals surface area contributed by atoms with Gasteiger partial charge in [0.25, 0.3) is 5.89 Å². The maximum absolute atomic E-state index is 11.9. The normalized spacial score (nSPS) is 12.5. The zero-order valence-electron chi connectivity index (χ0n) is 13.9. The maximum atomic E-state index is 11.9. The maximum Gasteiger partial charge on any atom is 0.331 e. The number of hydrogen-bond donors (Lipinski definition) is 0. The highest BCUT2D eigenvalue weighted by Crippen LogP contribution is 2.32. The van der Waals surface area contributed by atoms with Gasteiger partial charge in [0.05, 0.1) is 10.6 Å². The van der Waals surface area contributed by atoms with Crippen LogP contribution in [0.1, 0.15) is 11.5 Å². The third-order valence-corrected chi connectivity index (χ3v) is 4.05. The van der Waals surface area contributed by atoms with Crippen molar-refractivity contribution in [3.8, 4) is 23.0 Å². The van der Waals surface area contributed by atoms with E-state index in [2.05, 4.69) is 10.2 Å². The van der Waals surface area contributed by atoms with E-state index in [9.17, 15) is 4.79 Å². The first kappa shape index (κ1) is 17.1.